The molecule has 0 aliphatic carbocycles. The van der Waals surface area contributed by atoms with E-state index in [0.29, 0.717) is 24.6 Å². The Morgan fingerprint density at radius 1 is 1.47 bits per heavy atom. The smallest absolute Gasteiger partial charge is 0.332 e. The highest BCUT2D eigenvalue weighted by atomic mass is 35.5. The molecule has 2 rings (SSSR count). The zero-order valence-corrected chi connectivity index (χ0v) is 11.4. The van der Waals surface area contributed by atoms with Crippen LogP contribution in [-0.2, 0) is 16.1 Å². The SMILES string of the molecule is CCOC(CCn1cc(Cl)c2ccccc21)C(=O)O. The Morgan fingerprint density at radius 3 is 2.89 bits per heavy atom. The van der Waals surface area contributed by atoms with Gasteiger partial charge < -0.3 is 14.4 Å². The van der Waals surface area contributed by atoms with Gasteiger partial charge in [0, 0.05) is 36.7 Å². The monoisotopic (exact) mass is 281 g/mol. The van der Waals surface area contributed by atoms with Crippen LogP contribution in [0.5, 0.6) is 0 Å². The topological polar surface area (TPSA) is 51.5 Å². The van der Waals surface area contributed by atoms with Gasteiger partial charge >= 0.3 is 5.97 Å². The minimum Gasteiger partial charge on any atom is -0.479 e. The van der Waals surface area contributed by atoms with Gasteiger partial charge in [-0.1, -0.05) is 29.8 Å². The van der Waals surface area contributed by atoms with E-state index < -0.39 is 12.1 Å². The number of aryl methyl sites for hydroxylation is 1. The Bertz CT molecular complexity index is 579. The molecule has 0 amide bonds. The Hall–Kier alpha value is -1.52. The zero-order chi connectivity index (χ0) is 13.8. The van der Waals surface area contributed by atoms with Crippen LogP contribution in [0.4, 0.5) is 0 Å². The third-order valence-electron chi connectivity index (χ3n) is 3.02. The van der Waals surface area contributed by atoms with Gasteiger partial charge in [0.15, 0.2) is 6.10 Å². The number of nitrogens with zero attached hydrogens (tertiary/aromatic N) is 1. The van der Waals surface area contributed by atoms with E-state index in [1.807, 2.05) is 35.0 Å². The summed E-state index contributed by atoms with van der Waals surface area (Å²) >= 11 is 6.15. The van der Waals surface area contributed by atoms with E-state index in [-0.39, 0.29) is 0 Å². The van der Waals surface area contributed by atoms with E-state index in [1.165, 1.54) is 0 Å². The maximum Gasteiger partial charge on any atom is 0.332 e. The molecule has 0 saturated carbocycles. The summed E-state index contributed by atoms with van der Waals surface area (Å²) in [7, 11) is 0. The van der Waals surface area contributed by atoms with E-state index >= 15 is 0 Å². The van der Waals surface area contributed by atoms with Gasteiger partial charge in [-0.3, -0.25) is 0 Å². The standard InChI is InChI=1S/C14H16ClNO3/c1-2-19-13(14(17)18)7-8-16-9-11(15)10-5-3-4-6-12(10)16/h3-6,9,13H,2,7-8H2,1H3,(H,17,18). The number of hydrogen-bond donors (Lipinski definition) is 1. The van der Waals surface area contributed by atoms with Crippen LogP contribution in [0, 0.1) is 0 Å². The van der Waals surface area contributed by atoms with E-state index in [1.54, 1.807) is 6.92 Å². The number of halogens is 1. The van der Waals surface area contributed by atoms with Crippen LogP contribution in [-0.4, -0.2) is 28.4 Å². The first-order valence-corrected chi connectivity index (χ1v) is 6.59. The molecule has 0 bridgehead atoms. The van der Waals surface area contributed by atoms with E-state index in [9.17, 15) is 4.79 Å². The third kappa shape index (κ3) is 3.08. The number of carboxylic acid groups (broad SMARTS) is 1. The van der Waals surface area contributed by atoms with Crippen LogP contribution in [0.25, 0.3) is 10.9 Å². The number of aliphatic carboxylic acids is 1. The number of rotatable bonds is 6. The van der Waals surface area contributed by atoms with Crippen molar-refractivity contribution in [2.45, 2.75) is 26.0 Å². The molecule has 1 aromatic carbocycles. The van der Waals surface area contributed by atoms with Crippen molar-refractivity contribution >= 4 is 28.5 Å². The van der Waals surface area contributed by atoms with Crippen molar-refractivity contribution in [3.8, 4) is 0 Å². The van der Waals surface area contributed by atoms with Crippen molar-refractivity contribution in [1.82, 2.24) is 4.57 Å². The number of para-hydroxylation sites is 1. The molecule has 2 aromatic rings. The summed E-state index contributed by atoms with van der Waals surface area (Å²) < 4.78 is 7.16. The minimum absolute atomic E-state index is 0.393. The lowest BCUT2D eigenvalue weighted by molar-refractivity contribution is -0.150. The van der Waals surface area contributed by atoms with Crippen LogP contribution in [0.3, 0.4) is 0 Å². The number of carboxylic acids is 1. The second-order valence-corrected chi connectivity index (χ2v) is 4.67. The summed E-state index contributed by atoms with van der Waals surface area (Å²) in [6, 6.07) is 7.79. The number of fused-ring (bicyclic) bond motifs is 1. The molecule has 1 aromatic heterocycles. The third-order valence-corrected chi connectivity index (χ3v) is 3.32. The molecule has 1 heterocycles. The van der Waals surface area contributed by atoms with Gasteiger partial charge in [0.1, 0.15) is 0 Å². The van der Waals surface area contributed by atoms with E-state index in [0.717, 1.165) is 10.9 Å². The highest BCUT2D eigenvalue weighted by molar-refractivity contribution is 6.35. The van der Waals surface area contributed by atoms with Gasteiger partial charge in [0.2, 0.25) is 0 Å². The van der Waals surface area contributed by atoms with Gasteiger partial charge in [-0.25, -0.2) is 4.79 Å². The Morgan fingerprint density at radius 2 is 2.21 bits per heavy atom. The van der Waals surface area contributed by atoms with Crippen LogP contribution >= 0.6 is 11.6 Å². The fourth-order valence-corrected chi connectivity index (χ4v) is 2.40. The average Bonchev–Trinajstić information content (AvgIpc) is 2.72. The Kier molecular flexibility index (Phi) is 4.45. The number of aromatic nitrogens is 1. The molecule has 4 nitrogen and oxygen atoms in total. The summed E-state index contributed by atoms with van der Waals surface area (Å²) in [6.07, 6.45) is 1.47. The predicted molar refractivity (Wildman–Crippen MR) is 74.6 cm³/mol. The molecule has 0 aliphatic heterocycles. The van der Waals surface area contributed by atoms with Crippen molar-refractivity contribution in [1.29, 1.82) is 0 Å². The number of hydrogen-bond acceptors (Lipinski definition) is 2. The van der Waals surface area contributed by atoms with E-state index in [4.69, 9.17) is 21.4 Å². The highest BCUT2D eigenvalue weighted by Gasteiger charge is 2.17. The number of carbonyl (C=O) groups is 1. The van der Waals surface area contributed by atoms with Crippen molar-refractivity contribution in [3.05, 3.63) is 35.5 Å². The maximum atomic E-state index is 11.0. The molecule has 19 heavy (non-hydrogen) atoms. The van der Waals surface area contributed by atoms with Crippen LogP contribution in [0.2, 0.25) is 5.02 Å². The molecule has 0 spiro atoms. The molecular formula is C14H16ClNO3. The van der Waals surface area contributed by atoms with Gasteiger partial charge in [-0.15, -0.1) is 0 Å². The predicted octanol–water partition coefficient (Wildman–Crippen LogP) is 3.17. The zero-order valence-electron chi connectivity index (χ0n) is 10.7. The molecule has 1 unspecified atom stereocenters. The minimum atomic E-state index is -0.926. The lowest BCUT2D eigenvalue weighted by Crippen LogP contribution is -2.25. The first kappa shape index (κ1) is 13.9. The van der Waals surface area contributed by atoms with E-state index in [2.05, 4.69) is 0 Å². The maximum absolute atomic E-state index is 11.0. The second kappa shape index (κ2) is 6.08. The molecule has 102 valence electrons. The molecule has 0 fully saturated rings. The van der Waals surface area contributed by atoms with Crippen LogP contribution in [0.15, 0.2) is 30.5 Å². The normalized spacial score (nSPS) is 12.7. The molecule has 0 saturated heterocycles. The Labute approximate surface area is 116 Å². The summed E-state index contributed by atoms with van der Waals surface area (Å²) in [4.78, 5) is 11.0. The molecular weight excluding hydrogens is 266 g/mol. The second-order valence-electron chi connectivity index (χ2n) is 4.26. The summed E-state index contributed by atoms with van der Waals surface area (Å²) in [5.41, 5.74) is 1.01. The van der Waals surface area contributed by atoms with Crippen LogP contribution in [0.1, 0.15) is 13.3 Å². The summed E-state index contributed by atoms with van der Waals surface area (Å²) in [5, 5.41) is 10.7. The quantitative estimate of drug-likeness (QED) is 0.885. The fourth-order valence-electron chi connectivity index (χ4n) is 2.12. The molecule has 0 aliphatic rings. The molecule has 1 N–H and O–H groups in total. The first-order valence-electron chi connectivity index (χ1n) is 6.21. The molecule has 0 radical (unpaired) electrons. The van der Waals surface area contributed by atoms with Crippen molar-refractivity contribution in [2.75, 3.05) is 6.61 Å². The van der Waals surface area contributed by atoms with Crippen molar-refractivity contribution in [2.24, 2.45) is 0 Å². The van der Waals surface area contributed by atoms with Gasteiger partial charge in [-0.05, 0) is 13.0 Å². The fraction of sp³-hybridized carbons (Fsp3) is 0.357. The summed E-state index contributed by atoms with van der Waals surface area (Å²) in [6.45, 7) is 2.74. The number of benzene rings is 1. The Balaban J connectivity index is 2.15. The average molecular weight is 282 g/mol. The molecule has 5 heteroatoms. The van der Waals surface area contributed by atoms with Gasteiger partial charge in [-0.2, -0.15) is 0 Å². The molecule has 1 atom stereocenters. The van der Waals surface area contributed by atoms with Gasteiger partial charge in [0.05, 0.1) is 5.02 Å². The van der Waals surface area contributed by atoms with Crippen LogP contribution < -0.4 is 0 Å². The lowest BCUT2D eigenvalue weighted by atomic mass is 10.2. The first-order chi connectivity index (χ1) is 9.13. The van der Waals surface area contributed by atoms with Gasteiger partial charge in [0.25, 0.3) is 0 Å². The lowest BCUT2D eigenvalue weighted by Gasteiger charge is -2.13. The highest BCUT2D eigenvalue weighted by Crippen LogP contribution is 2.25. The number of ether oxygens (including phenoxy) is 1. The largest absolute Gasteiger partial charge is 0.479 e. The van der Waals surface area contributed by atoms with Crippen molar-refractivity contribution in [3.63, 3.8) is 0 Å². The summed E-state index contributed by atoms with van der Waals surface area (Å²) in [5.74, 6) is -0.926. The van der Waals surface area contributed by atoms with Crippen molar-refractivity contribution < 1.29 is 14.6 Å².